The quantitative estimate of drug-likeness (QED) is 0.513. The minimum Gasteiger partial charge on any atom is -0.218 e. The summed E-state index contributed by atoms with van der Waals surface area (Å²) in [6, 6.07) is 5.86. The van der Waals surface area contributed by atoms with Crippen molar-refractivity contribution >= 4 is 33.1 Å². The summed E-state index contributed by atoms with van der Waals surface area (Å²) in [6.07, 6.45) is 5.14. The second kappa shape index (κ2) is 9.14. The van der Waals surface area contributed by atoms with Crippen molar-refractivity contribution in [1.82, 2.24) is 19.1 Å². The van der Waals surface area contributed by atoms with Crippen LogP contribution in [-0.2, 0) is 14.1 Å². The fourth-order valence-corrected chi connectivity index (χ4v) is 1.61. The Balaban J connectivity index is 0.000000220. The SMILES string of the molecule is Cn1c(=O)c2[nH]cnc2n(C)c1=O.[F][Sb]([F])[F].c1cc[nH+]cc1. The summed E-state index contributed by atoms with van der Waals surface area (Å²) >= 11 is -4.95. The molecule has 0 bridgehead atoms. The van der Waals surface area contributed by atoms with Crippen molar-refractivity contribution < 1.29 is 13.4 Å². The van der Waals surface area contributed by atoms with Gasteiger partial charge in [0.2, 0.25) is 0 Å². The van der Waals surface area contributed by atoms with E-state index in [1.807, 2.05) is 30.6 Å². The summed E-state index contributed by atoms with van der Waals surface area (Å²) in [5, 5.41) is 0. The Morgan fingerprint density at radius 2 is 1.65 bits per heavy atom. The molecule has 23 heavy (non-hydrogen) atoms. The van der Waals surface area contributed by atoms with Crippen molar-refractivity contribution in [3.05, 3.63) is 57.8 Å². The molecule has 0 aromatic carbocycles. The Bertz CT molecular complexity index is 818. The Morgan fingerprint density at radius 1 is 1.09 bits per heavy atom. The molecule has 0 spiro atoms. The number of aromatic amines is 2. The van der Waals surface area contributed by atoms with Crippen molar-refractivity contribution in [2.75, 3.05) is 0 Å². The molecule has 11 heteroatoms. The van der Waals surface area contributed by atoms with Crippen LogP contribution >= 0.6 is 0 Å². The number of hydrogen-bond acceptors (Lipinski definition) is 3. The molecule has 0 aliphatic rings. The third-order valence-corrected chi connectivity index (χ3v) is 2.64. The van der Waals surface area contributed by atoms with E-state index in [9.17, 15) is 18.0 Å². The van der Waals surface area contributed by atoms with Crippen molar-refractivity contribution in [3.63, 3.8) is 0 Å². The molecule has 2 N–H and O–H groups in total. The van der Waals surface area contributed by atoms with Crippen molar-refractivity contribution in [2.45, 2.75) is 0 Å². The molecule has 3 heterocycles. The van der Waals surface area contributed by atoms with Gasteiger partial charge < -0.3 is 4.98 Å². The van der Waals surface area contributed by atoms with Crippen molar-refractivity contribution in [2.24, 2.45) is 14.1 Å². The average molecular weight is 439 g/mol. The van der Waals surface area contributed by atoms with Gasteiger partial charge in [0, 0.05) is 26.2 Å². The molecule has 0 aliphatic heterocycles. The van der Waals surface area contributed by atoms with Crippen LogP contribution in [0.5, 0.6) is 0 Å². The molecule has 0 fully saturated rings. The van der Waals surface area contributed by atoms with Crippen LogP contribution < -0.4 is 16.2 Å². The first-order valence-electron chi connectivity index (χ1n) is 6.14. The maximum Gasteiger partial charge on any atom is 0.166 e. The number of imidazole rings is 1. The summed E-state index contributed by atoms with van der Waals surface area (Å²) in [4.78, 5) is 32.3. The molecular formula is C12H14F3N5O2Sb+. The normalized spacial score (nSPS) is 9.83. The minimum atomic E-state index is -4.95. The van der Waals surface area contributed by atoms with E-state index in [1.165, 1.54) is 17.9 Å². The zero-order valence-electron chi connectivity index (χ0n) is 12.2. The summed E-state index contributed by atoms with van der Waals surface area (Å²) in [5.74, 6) is 0. The Morgan fingerprint density at radius 3 is 2.09 bits per heavy atom. The number of aromatic nitrogens is 5. The smallest absolute Gasteiger partial charge is 0.166 e. The van der Waals surface area contributed by atoms with Crippen LogP contribution in [0.15, 0.2) is 46.5 Å². The van der Waals surface area contributed by atoms with Crippen LogP contribution in [0.2, 0.25) is 0 Å². The predicted molar refractivity (Wildman–Crippen MR) is 78.7 cm³/mol. The molecule has 3 aromatic heterocycles. The molecule has 0 aliphatic carbocycles. The molecular weight excluding hydrogens is 425 g/mol. The molecule has 3 aromatic rings. The number of nitrogens with zero attached hydrogens (tertiary/aromatic N) is 3. The van der Waals surface area contributed by atoms with Gasteiger partial charge in [0.25, 0.3) is 5.56 Å². The van der Waals surface area contributed by atoms with Gasteiger partial charge in [-0.15, -0.1) is 0 Å². The number of halogens is 3. The van der Waals surface area contributed by atoms with Crippen molar-refractivity contribution in [3.8, 4) is 0 Å². The minimum absolute atomic E-state index is 0.351. The second-order valence-electron chi connectivity index (χ2n) is 4.08. The van der Waals surface area contributed by atoms with E-state index in [0.717, 1.165) is 4.57 Å². The molecule has 3 rings (SSSR count). The van der Waals surface area contributed by atoms with Gasteiger partial charge in [-0.1, -0.05) is 6.07 Å². The van der Waals surface area contributed by atoms with Crippen LogP contribution in [0.4, 0.5) is 8.44 Å². The van der Waals surface area contributed by atoms with Gasteiger partial charge >= 0.3 is 36.1 Å². The standard InChI is InChI=1S/C7H8N4O2.C5H5N.3FH.Sb/c1-10-5-4(8-3-9-5)6(12)11(2)7(10)13;1-2-4-6-5-3-1;;;;/h3H,1-2H3,(H,8,9);1-5H;3*1H;/q;;;;;+3/p-2. The van der Waals surface area contributed by atoms with Crippen LogP contribution in [0.25, 0.3) is 11.2 Å². The predicted octanol–water partition coefficient (Wildman–Crippen LogP) is 0.341. The largest absolute Gasteiger partial charge is 0.218 e. The molecule has 0 saturated carbocycles. The van der Waals surface area contributed by atoms with Gasteiger partial charge in [-0.25, -0.2) is 14.8 Å². The van der Waals surface area contributed by atoms with Gasteiger partial charge in [-0.2, -0.15) is 0 Å². The summed E-state index contributed by atoms with van der Waals surface area (Å²) in [5.41, 5.74) is 0.0119. The fraction of sp³-hybridized carbons (Fsp3) is 0.167. The molecule has 0 unspecified atom stereocenters. The third-order valence-electron chi connectivity index (χ3n) is 2.64. The molecule has 0 atom stereocenters. The summed E-state index contributed by atoms with van der Waals surface area (Å²) < 4.78 is 31.9. The monoisotopic (exact) mass is 438 g/mol. The Hall–Kier alpha value is -2.09. The van der Waals surface area contributed by atoms with E-state index in [4.69, 9.17) is 0 Å². The third kappa shape index (κ3) is 5.55. The number of fused-ring (bicyclic) bond motifs is 1. The zero-order chi connectivity index (χ0) is 17.4. The molecule has 0 radical (unpaired) electrons. The fourth-order valence-electron chi connectivity index (χ4n) is 1.61. The first kappa shape index (κ1) is 19.0. The zero-order valence-corrected chi connectivity index (χ0v) is 14.8. The van der Waals surface area contributed by atoms with Crippen LogP contribution in [0, 0.1) is 0 Å². The van der Waals surface area contributed by atoms with Crippen LogP contribution in [0.3, 0.4) is 0 Å². The number of hydrogen-bond donors (Lipinski definition) is 1. The summed E-state index contributed by atoms with van der Waals surface area (Å²) in [6.45, 7) is 0. The number of H-pyrrole nitrogens is 2. The molecule has 124 valence electrons. The first-order chi connectivity index (χ1) is 10.9. The van der Waals surface area contributed by atoms with E-state index >= 15 is 0 Å². The first-order valence-corrected chi connectivity index (χ1v) is 9.03. The van der Waals surface area contributed by atoms with E-state index in [2.05, 4.69) is 15.0 Å². The van der Waals surface area contributed by atoms with E-state index in [0.29, 0.717) is 11.2 Å². The van der Waals surface area contributed by atoms with Crippen LogP contribution in [-0.4, -0.2) is 41.1 Å². The number of rotatable bonds is 0. The van der Waals surface area contributed by atoms with Gasteiger partial charge in [0.15, 0.2) is 18.0 Å². The Kier molecular flexibility index (Phi) is 7.53. The second-order valence-corrected chi connectivity index (χ2v) is 5.17. The number of aryl methyl sites for hydroxylation is 1. The van der Waals surface area contributed by atoms with Gasteiger partial charge in [-0.05, 0) is 0 Å². The van der Waals surface area contributed by atoms with Gasteiger partial charge in [-0.3, -0.25) is 13.9 Å². The number of nitrogens with one attached hydrogen (secondary N) is 2. The van der Waals surface area contributed by atoms with E-state index < -0.39 is 22.0 Å². The van der Waals surface area contributed by atoms with Crippen molar-refractivity contribution in [1.29, 1.82) is 0 Å². The average Bonchev–Trinajstić information content (AvgIpc) is 3.02. The van der Waals surface area contributed by atoms with Crippen LogP contribution in [0.1, 0.15) is 0 Å². The van der Waals surface area contributed by atoms with E-state index in [-0.39, 0.29) is 11.2 Å². The molecule has 0 amide bonds. The van der Waals surface area contributed by atoms with E-state index in [1.54, 1.807) is 7.05 Å². The van der Waals surface area contributed by atoms with Gasteiger partial charge in [0.1, 0.15) is 5.52 Å². The maximum atomic E-state index is 11.4. The van der Waals surface area contributed by atoms with Gasteiger partial charge in [0.05, 0.1) is 6.33 Å². The Labute approximate surface area is 137 Å². The topological polar surface area (TPSA) is 86.8 Å². The summed E-state index contributed by atoms with van der Waals surface area (Å²) in [7, 11) is 3.01. The maximum absolute atomic E-state index is 11.4. The number of pyridine rings is 1. The molecule has 0 saturated heterocycles. The molecule has 7 nitrogen and oxygen atoms in total.